The van der Waals surface area contributed by atoms with Crippen molar-refractivity contribution in [3.63, 3.8) is 0 Å². The summed E-state index contributed by atoms with van der Waals surface area (Å²) in [4.78, 5) is 11.1. The zero-order valence-electron chi connectivity index (χ0n) is 10.2. The van der Waals surface area contributed by atoms with Gasteiger partial charge in [0.15, 0.2) is 0 Å². The van der Waals surface area contributed by atoms with E-state index in [-0.39, 0.29) is 18.6 Å². The second-order valence-corrected chi connectivity index (χ2v) is 5.26. The van der Waals surface area contributed by atoms with Gasteiger partial charge in [-0.25, -0.2) is 0 Å². The number of hydrogen-bond acceptors (Lipinski definition) is 5. The lowest BCUT2D eigenvalue weighted by Gasteiger charge is -2.16. The summed E-state index contributed by atoms with van der Waals surface area (Å²) >= 11 is 0. The highest BCUT2D eigenvalue weighted by Crippen LogP contribution is 2.48. The monoisotopic (exact) mass is 252 g/mol. The topological polar surface area (TPSA) is 61.8 Å². The SMILES string of the molecule is CCOC(=O)CCCP(=O)(OCC)OCC. The van der Waals surface area contributed by atoms with Crippen molar-refractivity contribution >= 4 is 13.6 Å². The minimum absolute atomic E-state index is 0.248. The van der Waals surface area contributed by atoms with E-state index in [4.69, 9.17) is 13.8 Å². The van der Waals surface area contributed by atoms with E-state index >= 15 is 0 Å². The van der Waals surface area contributed by atoms with E-state index in [9.17, 15) is 9.36 Å². The molecule has 0 atom stereocenters. The first kappa shape index (κ1) is 15.6. The van der Waals surface area contributed by atoms with Crippen LogP contribution in [0, 0.1) is 0 Å². The van der Waals surface area contributed by atoms with Gasteiger partial charge in [0.2, 0.25) is 0 Å². The highest BCUT2D eigenvalue weighted by molar-refractivity contribution is 7.53. The Morgan fingerprint density at radius 2 is 1.62 bits per heavy atom. The fraction of sp³-hybridized carbons (Fsp3) is 0.900. The average Bonchev–Trinajstić information content (AvgIpc) is 2.18. The third kappa shape index (κ3) is 6.99. The molecular formula is C10H21O5P. The second kappa shape index (κ2) is 8.74. The molecule has 0 saturated carbocycles. The van der Waals surface area contributed by atoms with Crippen LogP contribution in [0.3, 0.4) is 0 Å². The molecule has 0 amide bonds. The molecule has 0 bridgehead atoms. The standard InChI is InChI=1S/C10H21O5P/c1-4-13-10(11)8-7-9-16(12,14-5-2)15-6-3/h4-9H2,1-3H3. The van der Waals surface area contributed by atoms with Gasteiger partial charge >= 0.3 is 13.6 Å². The molecule has 0 aliphatic carbocycles. The summed E-state index contributed by atoms with van der Waals surface area (Å²) < 4.78 is 26.9. The Hall–Kier alpha value is -0.380. The molecular weight excluding hydrogens is 231 g/mol. The number of ether oxygens (including phenoxy) is 1. The minimum Gasteiger partial charge on any atom is -0.466 e. The third-order valence-corrected chi connectivity index (χ3v) is 3.94. The summed E-state index contributed by atoms with van der Waals surface area (Å²) in [7, 11) is -3.00. The Morgan fingerprint density at radius 3 is 2.06 bits per heavy atom. The van der Waals surface area contributed by atoms with Gasteiger partial charge < -0.3 is 13.8 Å². The van der Waals surface area contributed by atoms with Gasteiger partial charge in [-0.1, -0.05) is 0 Å². The first-order valence-corrected chi connectivity index (χ1v) is 7.34. The van der Waals surface area contributed by atoms with E-state index < -0.39 is 7.60 Å². The molecule has 0 heterocycles. The van der Waals surface area contributed by atoms with Crippen LogP contribution in [-0.4, -0.2) is 32.0 Å². The van der Waals surface area contributed by atoms with Crippen molar-refractivity contribution in [2.75, 3.05) is 26.0 Å². The van der Waals surface area contributed by atoms with E-state index in [1.165, 1.54) is 0 Å². The summed E-state index contributed by atoms with van der Waals surface area (Å²) in [6, 6.07) is 0. The van der Waals surface area contributed by atoms with Crippen LogP contribution in [0.2, 0.25) is 0 Å². The first-order chi connectivity index (χ1) is 7.58. The van der Waals surface area contributed by atoms with Crippen LogP contribution in [0.15, 0.2) is 0 Å². The van der Waals surface area contributed by atoms with Crippen molar-refractivity contribution in [2.24, 2.45) is 0 Å². The Labute approximate surface area is 97.0 Å². The van der Waals surface area contributed by atoms with E-state index in [1.54, 1.807) is 20.8 Å². The predicted molar refractivity (Wildman–Crippen MR) is 61.6 cm³/mol. The molecule has 6 heteroatoms. The molecule has 0 aliphatic rings. The fourth-order valence-corrected chi connectivity index (χ4v) is 2.87. The molecule has 0 aromatic heterocycles. The number of carbonyl (C=O) groups excluding carboxylic acids is 1. The van der Waals surface area contributed by atoms with Crippen molar-refractivity contribution < 1.29 is 23.1 Å². The van der Waals surface area contributed by atoms with Crippen LogP contribution in [0.5, 0.6) is 0 Å². The van der Waals surface area contributed by atoms with Crippen LogP contribution >= 0.6 is 7.60 Å². The maximum absolute atomic E-state index is 12.0. The van der Waals surface area contributed by atoms with Crippen LogP contribution < -0.4 is 0 Å². The highest BCUT2D eigenvalue weighted by Gasteiger charge is 2.23. The average molecular weight is 252 g/mol. The van der Waals surface area contributed by atoms with Crippen molar-refractivity contribution in [3.05, 3.63) is 0 Å². The maximum Gasteiger partial charge on any atom is 0.330 e. The molecule has 0 radical (unpaired) electrons. The normalized spacial score (nSPS) is 11.4. The molecule has 0 aliphatic heterocycles. The van der Waals surface area contributed by atoms with Crippen molar-refractivity contribution in [1.29, 1.82) is 0 Å². The Kier molecular flexibility index (Phi) is 8.53. The Bertz CT molecular complexity index is 231. The van der Waals surface area contributed by atoms with E-state index in [1.807, 2.05) is 0 Å². The molecule has 0 aromatic carbocycles. The van der Waals surface area contributed by atoms with Crippen LogP contribution in [0.4, 0.5) is 0 Å². The van der Waals surface area contributed by atoms with Crippen molar-refractivity contribution in [1.82, 2.24) is 0 Å². The molecule has 0 aromatic rings. The van der Waals surface area contributed by atoms with Crippen molar-refractivity contribution in [3.8, 4) is 0 Å². The third-order valence-electron chi connectivity index (χ3n) is 1.77. The summed E-state index contributed by atoms with van der Waals surface area (Å²) in [5.74, 6) is -0.276. The van der Waals surface area contributed by atoms with Crippen LogP contribution in [-0.2, 0) is 23.1 Å². The molecule has 0 spiro atoms. The van der Waals surface area contributed by atoms with Crippen LogP contribution in [0.1, 0.15) is 33.6 Å². The van der Waals surface area contributed by atoms with E-state index in [0.29, 0.717) is 26.2 Å². The van der Waals surface area contributed by atoms with Gasteiger partial charge in [-0.2, -0.15) is 0 Å². The van der Waals surface area contributed by atoms with Gasteiger partial charge in [0.25, 0.3) is 0 Å². The van der Waals surface area contributed by atoms with Gasteiger partial charge in [0.05, 0.1) is 26.0 Å². The first-order valence-electron chi connectivity index (χ1n) is 5.61. The molecule has 5 nitrogen and oxygen atoms in total. The largest absolute Gasteiger partial charge is 0.466 e. The van der Waals surface area contributed by atoms with Gasteiger partial charge in [0, 0.05) is 6.42 Å². The molecule has 0 fully saturated rings. The Balaban J connectivity index is 3.93. The summed E-state index contributed by atoms with van der Waals surface area (Å²) in [5, 5.41) is 0. The zero-order valence-corrected chi connectivity index (χ0v) is 11.1. The summed E-state index contributed by atoms with van der Waals surface area (Å²) in [6.45, 7) is 6.33. The Morgan fingerprint density at radius 1 is 1.06 bits per heavy atom. The fourth-order valence-electron chi connectivity index (χ4n) is 1.21. The van der Waals surface area contributed by atoms with E-state index in [0.717, 1.165) is 0 Å². The van der Waals surface area contributed by atoms with Gasteiger partial charge in [-0.05, 0) is 27.2 Å². The number of carbonyl (C=O) groups is 1. The number of esters is 1. The molecule has 0 rings (SSSR count). The smallest absolute Gasteiger partial charge is 0.330 e. The lowest BCUT2D eigenvalue weighted by Crippen LogP contribution is -2.06. The minimum atomic E-state index is -3.00. The van der Waals surface area contributed by atoms with E-state index in [2.05, 4.69) is 0 Å². The lowest BCUT2D eigenvalue weighted by molar-refractivity contribution is -0.143. The number of hydrogen-bond donors (Lipinski definition) is 0. The molecule has 96 valence electrons. The summed E-state index contributed by atoms with van der Waals surface area (Å²) in [6.07, 6.45) is 0.960. The zero-order chi connectivity index (χ0) is 12.4. The lowest BCUT2D eigenvalue weighted by atomic mass is 10.3. The van der Waals surface area contributed by atoms with Crippen molar-refractivity contribution in [2.45, 2.75) is 33.6 Å². The van der Waals surface area contributed by atoms with Crippen LogP contribution in [0.25, 0.3) is 0 Å². The highest BCUT2D eigenvalue weighted by atomic mass is 31.2. The molecule has 0 N–H and O–H groups in total. The van der Waals surface area contributed by atoms with Gasteiger partial charge in [-0.15, -0.1) is 0 Å². The molecule has 0 unspecified atom stereocenters. The molecule has 0 saturated heterocycles. The van der Waals surface area contributed by atoms with Gasteiger partial charge in [0.1, 0.15) is 0 Å². The quantitative estimate of drug-likeness (QED) is 0.466. The van der Waals surface area contributed by atoms with Gasteiger partial charge in [-0.3, -0.25) is 9.36 Å². The maximum atomic E-state index is 12.0. The predicted octanol–water partition coefficient (Wildman–Crippen LogP) is 2.60. The second-order valence-electron chi connectivity index (χ2n) is 3.08. The number of rotatable bonds is 9. The molecule has 16 heavy (non-hydrogen) atoms. The summed E-state index contributed by atoms with van der Waals surface area (Å²) in [5.41, 5.74) is 0.